The van der Waals surface area contributed by atoms with Gasteiger partial charge in [-0.3, -0.25) is 4.79 Å². The summed E-state index contributed by atoms with van der Waals surface area (Å²) in [4.78, 5) is 24.6. The van der Waals surface area contributed by atoms with E-state index in [1.165, 1.54) is 33.5 Å². The average Bonchev–Trinajstić information content (AvgIpc) is 3.20. The molecule has 0 fully saturated rings. The highest BCUT2D eigenvalue weighted by Gasteiger charge is 2.20. The number of carbonyl (C=O) groups is 2. The van der Waals surface area contributed by atoms with Crippen LogP contribution >= 0.6 is 0 Å². The Bertz CT molecular complexity index is 999. The number of hydrogen-bond acceptors (Lipinski definition) is 7. The first-order valence-electron chi connectivity index (χ1n) is 9.21. The van der Waals surface area contributed by atoms with Crippen LogP contribution in [-0.4, -0.2) is 39.8 Å². The lowest BCUT2D eigenvalue weighted by Crippen LogP contribution is -2.31. The van der Waals surface area contributed by atoms with Gasteiger partial charge in [0.25, 0.3) is 5.91 Å². The number of furan rings is 1. The molecule has 2 aromatic carbocycles. The molecule has 0 unspecified atom stereocenters. The maximum absolute atomic E-state index is 12.4. The minimum Gasteiger partial charge on any atom is -0.493 e. The van der Waals surface area contributed by atoms with E-state index >= 15 is 0 Å². The summed E-state index contributed by atoms with van der Waals surface area (Å²) in [5.41, 5.74) is 0.907. The number of rotatable bonds is 8. The molecule has 1 heterocycles. The molecule has 30 heavy (non-hydrogen) atoms. The van der Waals surface area contributed by atoms with Gasteiger partial charge in [0.15, 0.2) is 18.1 Å². The largest absolute Gasteiger partial charge is 0.493 e. The average molecular weight is 413 g/mol. The SMILES string of the molecule is COc1cc(C(=O)OCC(=O)N[C@H](C)c2cc3ccccc3o2)cc(OC)c1OC. The van der Waals surface area contributed by atoms with Crippen LogP contribution in [0.2, 0.25) is 0 Å². The minimum absolute atomic E-state index is 0.169. The molecule has 8 nitrogen and oxygen atoms in total. The summed E-state index contributed by atoms with van der Waals surface area (Å²) < 4.78 is 26.5. The van der Waals surface area contributed by atoms with Crippen molar-refractivity contribution in [3.8, 4) is 17.2 Å². The predicted octanol–water partition coefficient (Wildman–Crippen LogP) is 3.49. The minimum atomic E-state index is -0.694. The second-order valence-electron chi connectivity index (χ2n) is 6.47. The first-order valence-corrected chi connectivity index (χ1v) is 9.21. The summed E-state index contributed by atoms with van der Waals surface area (Å²) in [6.07, 6.45) is 0. The third-order valence-corrected chi connectivity index (χ3v) is 4.48. The van der Waals surface area contributed by atoms with Crippen LogP contribution in [0.25, 0.3) is 11.0 Å². The Morgan fingerprint density at radius 2 is 1.67 bits per heavy atom. The van der Waals surface area contributed by atoms with Gasteiger partial charge < -0.3 is 28.7 Å². The van der Waals surface area contributed by atoms with Crippen molar-refractivity contribution in [3.05, 3.63) is 53.8 Å². The lowest BCUT2D eigenvalue weighted by Gasteiger charge is -2.14. The normalized spacial score (nSPS) is 11.6. The Hall–Kier alpha value is -3.68. The van der Waals surface area contributed by atoms with E-state index in [9.17, 15) is 9.59 Å². The number of fused-ring (bicyclic) bond motifs is 1. The topological polar surface area (TPSA) is 96.2 Å². The number of amides is 1. The van der Waals surface area contributed by atoms with Crippen molar-refractivity contribution in [2.45, 2.75) is 13.0 Å². The van der Waals surface area contributed by atoms with E-state index in [1.807, 2.05) is 30.3 Å². The van der Waals surface area contributed by atoms with Crippen molar-refractivity contribution in [1.29, 1.82) is 0 Å². The van der Waals surface area contributed by atoms with Gasteiger partial charge in [-0.05, 0) is 31.2 Å². The standard InChI is InChI=1S/C22H23NO7/c1-13(17-9-14-7-5-6-8-16(14)30-17)23-20(24)12-29-22(25)15-10-18(26-2)21(28-4)19(11-15)27-3/h5-11,13H,12H2,1-4H3,(H,23,24)/t13-/m1/s1. The number of hydrogen-bond donors (Lipinski definition) is 1. The van der Waals surface area contributed by atoms with Crippen molar-refractivity contribution in [1.82, 2.24) is 5.32 Å². The van der Waals surface area contributed by atoms with Crippen LogP contribution in [0.15, 0.2) is 46.9 Å². The van der Waals surface area contributed by atoms with Crippen LogP contribution in [0.1, 0.15) is 29.1 Å². The molecule has 0 radical (unpaired) electrons. The maximum Gasteiger partial charge on any atom is 0.338 e. The summed E-state index contributed by atoms with van der Waals surface area (Å²) in [5.74, 6) is 0.442. The molecule has 0 aliphatic carbocycles. The van der Waals surface area contributed by atoms with Crippen molar-refractivity contribution in [2.75, 3.05) is 27.9 Å². The number of methoxy groups -OCH3 is 3. The predicted molar refractivity (Wildman–Crippen MR) is 109 cm³/mol. The van der Waals surface area contributed by atoms with Crippen molar-refractivity contribution in [2.24, 2.45) is 0 Å². The molecular formula is C22H23NO7. The van der Waals surface area contributed by atoms with Crippen LogP contribution < -0.4 is 19.5 Å². The third kappa shape index (κ3) is 4.48. The zero-order chi connectivity index (χ0) is 21.7. The van der Waals surface area contributed by atoms with E-state index in [-0.39, 0.29) is 11.6 Å². The number of carbonyl (C=O) groups excluding carboxylic acids is 2. The second kappa shape index (κ2) is 9.21. The fraction of sp³-hybridized carbons (Fsp3) is 0.273. The Labute approximate surface area is 173 Å². The van der Waals surface area contributed by atoms with Gasteiger partial charge in [0.05, 0.1) is 32.9 Å². The summed E-state index contributed by atoms with van der Waals surface area (Å²) in [5, 5.41) is 3.69. The summed E-state index contributed by atoms with van der Waals surface area (Å²) in [6.45, 7) is 1.34. The number of ether oxygens (including phenoxy) is 4. The number of esters is 1. The van der Waals surface area contributed by atoms with Gasteiger partial charge in [0, 0.05) is 5.39 Å². The van der Waals surface area contributed by atoms with Crippen LogP contribution in [0.3, 0.4) is 0 Å². The molecule has 8 heteroatoms. The van der Waals surface area contributed by atoms with Crippen LogP contribution in [0.5, 0.6) is 17.2 Å². The molecule has 158 valence electrons. The van der Waals surface area contributed by atoms with Gasteiger partial charge in [0.1, 0.15) is 11.3 Å². The Kier molecular flexibility index (Phi) is 6.46. The molecule has 0 aliphatic rings. The zero-order valence-electron chi connectivity index (χ0n) is 17.2. The molecule has 0 saturated carbocycles. The Balaban J connectivity index is 1.62. The molecule has 1 aromatic heterocycles. The van der Waals surface area contributed by atoms with Crippen molar-refractivity contribution < 1.29 is 33.0 Å². The van der Waals surface area contributed by atoms with E-state index in [4.69, 9.17) is 23.4 Å². The van der Waals surface area contributed by atoms with Crippen molar-refractivity contribution in [3.63, 3.8) is 0 Å². The van der Waals surface area contributed by atoms with Gasteiger partial charge >= 0.3 is 5.97 Å². The molecular weight excluding hydrogens is 390 g/mol. The fourth-order valence-electron chi connectivity index (χ4n) is 2.98. The summed E-state index contributed by atoms with van der Waals surface area (Å²) in [7, 11) is 4.35. The molecule has 1 N–H and O–H groups in total. The molecule has 1 amide bonds. The Morgan fingerprint density at radius 3 is 2.27 bits per heavy atom. The number of nitrogens with one attached hydrogen (secondary N) is 1. The molecule has 0 saturated heterocycles. The molecule has 0 bridgehead atoms. The lowest BCUT2D eigenvalue weighted by molar-refractivity contribution is -0.125. The van der Waals surface area contributed by atoms with Crippen molar-refractivity contribution >= 4 is 22.8 Å². The Morgan fingerprint density at radius 1 is 1.00 bits per heavy atom. The monoisotopic (exact) mass is 413 g/mol. The molecule has 1 atom stereocenters. The van der Waals surface area contributed by atoms with Gasteiger partial charge in [-0.25, -0.2) is 4.79 Å². The lowest BCUT2D eigenvalue weighted by atomic mass is 10.2. The highest BCUT2D eigenvalue weighted by atomic mass is 16.5. The molecule has 3 aromatic rings. The second-order valence-corrected chi connectivity index (χ2v) is 6.47. The number of benzene rings is 2. The van der Waals surface area contributed by atoms with Crippen LogP contribution in [0, 0.1) is 0 Å². The highest BCUT2D eigenvalue weighted by Crippen LogP contribution is 2.38. The van der Waals surface area contributed by atoms with E-state index < -0.39 is 18.5 Å². The summed E-state index contributed by atoms with van der Waals surface area (Å²) in [6, 6.07) is 12.0. The van der Waals surface area contributed by atoms with E-state index in [2.05, 4.69) is 5.32 Å². The van der Waals surface area contributed by atoms with E-state index in [1.54, 1.807) is 6.92 Å². The smallest absolute Gasteiger partial charge is 0.338 e. The van der Waals surface area contributed by atoms with Crippen LogP contribution in [0.4, 0.5) is 0 Å². The van der Waals surface area contributed by atoms with E-state index in [0.717, 1.165) is 11.0 Å². The van der Waals surface area contributed by atoms with Gasteiger partial charge in [-0.2, -0.15) is 0 Å². The highest BCUT2D eigenvalue weighted by molar-refractivity contribution is 5.93. The maximum atomic E-state index is 12.4. The first kappa shape index (κ1) is 21.0. The fourth-order valence-corrected chi connectivity index (χ4v) is 2.98. The quantitative estimate of drug-likeness (QED) is 0.565. The number of para-hydroxylation sites is 1. The van der Waals surface area contributed by atoms with Gasteiger partial charge in [-0.15, -0.1) is 0 Å². The van der Waals surface area contributed by atoms with Gasteiger partial charge in [0.2, 0.25) is 5.75 Å². The molecule has 0 aliphatic heterocycles. The zero-order valence-corrected chi connectivity index (χ0v) is 17.2. The first-order chi connectivity index (χ1) is 14.5. The van der Waals surface area contributed by atoms with Gasteiger partial charge in [-0.1, -0.05) is 18.2 Å². The molecule has 3 rings (SSSR count). The van der Waals surface area contributed by atoms with Crippen LogP contribution in [-0.2, 0) is 9.53 Å². The third-order valence-electron chi connectivity index (χ3n) is 4.48. The van der Waals surface area contributed by atoms with E-state index in [0.29, 0.717) is 23.0 Å². The molecule has 0 spiro atoms. The summed E-state index contributed by atoms with van der Waals surface area (Å²) >= 11 is 0.